The Kier molecular flexibility index (Phi) is 6.32. The summed E-state index contributed by atoms with van der Waals surface area (Å²) in [6.07, 6.45) is 6.35. The Morgan fingerprint density at radius 3 is 2.62 bits per heavy atom. The molecule has 1 aliphatic carbocycles. The van der Waals surface area contributed by atoms with Crippen molar-refractivity contribution in [2.24, 2.45) is 11.7 Å². The zero-order valence-electron chi connectivity index (χ0n) is 10.9. The Balaban J connectivity index is 2.17. The number of nitrogens with two attached hydrogens (primary N) is 1. The second-order valence-corrected chi connectivity index (χ2v) is 4.89. The van der Waals surface area contributed by atoms with Crippen molar-refractivity contribution in [2.75, 3.05) is 13.7 Å². The summed E-state index contributed by atoms with van der Waals surface area (Å²) in [5.74, 6) is 0.703. The highest BCUT2D eigenvalue weighted by molar-refractivity contribution is 4.94. The zero-order chi connectivity index (χ0) is 12.0. The SMILES string of the molecule is CCCCC(CC)COC1CC(N)C1OC. The Morgan fingerprint density at radius 1 is 1.38 bits per heavy atom. The first-order chi connectivity index (χ1) is 7.72. The highest BCUT2D eigenvalue weighted by Crippen LogP contribution is 2.26. The summed E-state index contributed by atoms with van der Waals surface area (Å²) in [5.41, 5.74) is 5.84. The number of hydrogen-bond donors (Lipinski definition) is 1. The van der Waals surface area contributed by atoms with Crippen LogP contribution in [-0.2, 0) is 9.47 Å². The summed E-state index contributed by atoms with van der Waals surface area (Å²) >= 11 is 0. The maximum Gasteiger partial charge on any atom is 0.0984 e. The fourth-order valence-electron chi connectivity index (χ4n) is 2.26. The Hall–Kier alpha value is -0.120. The van der Waals surface area contributed by atoms with E-state index in [4.69, 9.17) is 15.2 Å². The molecule has 2 N–H and O–H groups in total. The van der Waals surface area contributed by atoms with Crippen LogP contribution in [0, 0.1) is 5.92 Å². The molecule has 0 aliphatic heterocycles. The molecule has 3 heteroatoms. The van der Waals surface area contributed by atoms with Gasteiger partial charge in [0.15, 0.2) is 0 Å². The van der Waals surface area contributed by atoms with Crippen molar-refractivity contribution in [3.8, 4) is 0 Å². The van der Waals surface area contributed by atoms with Crippen LogP contribution in [0.5, 0.6) is 0 Å². The number of methoxy groups -OCH3 is 1. The van der Waals surface area contributed by atoms with Gasteiger partial charge in [0.25, 0.3) is 0 Å². The lowest BCUT2D eigenvalue weighted by molar-refractivity contribution is -0.132. The molecule has 1 aliphatic rings. The molecule has 1 rings (SSSR count). The van der Waals surface area contributed by atoms with Crippen LogP contribution < -0.4 is 5.73 Å². The molecule has 0 spiro atoms. The Labute approximate surface area is 99.7 Å². The summed E-state index contributed by atoms with van der Waals surface area (Å²) in [7, 11) is 1.72. The predicted octanol–water partition coefficient (Wildman–Crippen LogP) is 2.33. The summed E-state index contributed by atoms with van der Waals surface area (Å²) in [6.45, 7) is 5.34. The largest absolute Gasteiger partial charge is 0.377 e. The van der Waals surface area contributed by atoms with Gasteiger partial charge >= 0.3 is 0 Å². The van der Waals surface area contributed by atoms with Crippen LogP contribution in [0.4, 0.5) is 0 Å². The third-order valence-electron chi connectivity index (χ3n) is 3.65. The Bertz CT molecular complexity index is 187. The standard InChI is InChI=1S/C13H27NO2/c1-4-6-7-10(5-2)9-16-12-8-11(14)13(12)15-3/h10-13H,4-9,14H2,1-3H3. The lowest BCUT2D eigenvalue weighted by Gasteiger charge is -2.41. The normalized spacial score (nSPS) is 31.1. The van der Waals surface area contributed by atoms with Crippen molar-refractivity contribution in [1.82, 2.24) is 0 Å². The fraction of sp³-hybridized carbons (Fsp3) is 1.00. The van der Waals surface area contributed by atoms with Gasteiger partial charge in [-0.3, -0.25) is 0 Å². The minimum Gasteiger partial charge on any atom is -0.377 e. The van der Waals surface area contributed by atoms with Crippen LogP contribution in [0.3, 0.4) is 0 Å². The molecule has 3 nitrogen and oxygen atoms in total. The van der Waals surface area contributed by atoms with Crippen LogP contribution in [0.1, 0.15) is 46.0 Å². The van der Waals surface area contributed by atoms with E-state index in [9.17, 15) is 0 Å². The molecule has 0 heterocycles. The van der Waals surface area contributed by atoms with Crippen molar-refractivity contribution < 1.29 is 9.47 Å². The van der Waals surface area contributed by atoms with Gasteiger partial charge in [0.2, 0.25) is 0 Å². The second kappa shape index (κ2) is 7.25. The van der Waals surface area contributed by atoms with Crippen LogP contribution >= 0.6 is 0 Å². The quantitative estimate of drug-likeness (QED) is 0.695. The van der Waals surface area contributed by atoms with E-state index in [1.165, 1.54) is 25.7 Å². The zero-order valence-corrected chi connectivity index (χ0v) is 10.9. The number of ether oxygens (including phenoxy) is 2. The molecule has 1 fully saturated rings. The lowest BCUT2D eigenvalue weighted by Crippen LogP contribution is -2.58. The molecule has 16 heavy (non-hydrogen) atoms. The average molecular weight is 229 g/mol. The molecule has 0 radical (unpaired) electrons. The van der Waals surface area contributed by atoms with E-state index in [-0.39, 0.29) is 18.2 Å². The smallest absolute Gasteiger partial charge is 0.0984 e. The Morgan fingerprint density at radius 2 is 2.12 bits per heavy atom. The van der Waals surface area contributed by atoms with Gasteiger partial charge in [0.05, 0.1) is 12.2 Å². The molecule has 1 saturated carbocycles. The van der Waals surface area contributed by atoms with E-state index < -0.39 is 0 Å². The summed E-state index contributed by atoms with van der Waals surface area (Å²) in [6, 6.07) is 0.172. The number of unbranched alkanes of at least 4 members (excludes halogenated alkanes) is 1. The van der Waals surface area contributed by atoms with Crippen molar-refractivity contribution in [3.63, 3.8) is 0 Å². The first kappa shape index (κ1) is 13.9. The van der Waals surface area contributed by atoms with Crippen LogP contribution in [-0.4, -0.2) is 32.0 Å². The first-order valence-electron chi connectivity index (χ1n) is 6.62. The first-order valence-corrected chi connectivity index (χ1v) is 6.62. The van der Waals surface area contributed by atoms with E-state index in [0.717, 1.165) is 13.0 Å². The molecule has 96 valence electrons. The van der Waals surface area contributed by atoms with Gasteiger partial charge in [-0.2, -0.15) is 0 Å². The van der Waals surface area contributed by atoms with Crippen LogP contribution in [0.2, 0.25) is 0 Å². The number of hydrogen-bond acceptors (Lipinski definition) is 3. The molecule has 0 aromatic carbocycles. The maximum atomic E-state index is 5.90. The van der Waals surface area contributed by atoms with Crippen molar-refractivity contribution >= 4 is 0 Å². The highest BCUT2D eigenvalue weighted by atomic mass is 16.5. The van der Waals surface area contributed by atoms with Crippen LogP contribution in [0.25, 0.3) is 0 Å². The molecule has 0 bridgehead atoms. The third-order valence-corrected chi connectivity index (χ3v) is 3.65. The van der Waals surface area contributed by atoms with Crippen molar-refractivity contribution in [1.29, 1.82) is 0 Å². The molecule has 0 amide bonds. The van der Waals surface area contributed by atoms with E-state index in [2.05, 4.69) is 13.8 Å². The van der Waals surface area contributed by atoms with E-state index >= 15 is 0 Å². The molecule has 4 unspecified atom stereocenters. The predicted molar refractivity (Wildman–Crippen MR) is 66.4 cm³/mol. The van der Waals surface area contributed by atoms with E-state index in [0.29, 0.717) is 5.92 Å². The van der Waals surface area contributed by atoms with E-state index in [1.807, 2.05) is 0 Å². The monoisotopic (exact) mass is 229 g/mol. The minimum absolute atomic E-state index is 0.115. The van der Waals surface area contributed by atoms with Crippen LogP contribution in [0.15, 0.2) is 0 Å². The summed E-state index contributed by atoms with van der Waals surface area (Å²) < 4.78 is 11.2. The molecule has 4 atom stereocenters. The summed E-state index contributed by atoms with van der Waals surface area (Å²) in [5, 5.41) is 0. The molecule has 0 aromatic heterocycles. The molecular weight excluding hydrogens is 202 g/mol. The van der Waals surface area contributed by atoms with Gasteiger partial charge in [0, 0.05) is 19.8 Å². The van der Waals surface area contributed by atoms with Gasteiger partial charge in [-0.15, -0.1) is 0 Å². The molecular formula is C13H27NO2. The van der Waals surface area contributed by atoms with Gasteiger partial charge in [-0.25, -0.2) is 0 Å². The molecule has 0 saturated heterocycles. The van der Waals surface area contributed by atoms with Gasteiger partial charge in [-0.05, 0) is 18.8 Å². The molecule has 0 aromatic rings. The third kappa shape index (κ3) is 3.72. The minimum atomic E-state index is 0.115. The average Bonchev–Trinajstić information content (AvgIpc) is 2.28. The topological polar surface area (TPSA) is 44.5 Å². The maximum absolute atomic E-state index is 5.90. The van der Waals surface area contributed by atoms with Gasteiger partial charge in [0.1, 0.15) is 0 Å². The van der Waals surface area contributed by atoms with Crippen molar-refractivity contribution in [3.05, 3.63) is 0 Å². The second-order valence-electron chi connectivity index (χ2n) is 4.89. The lowest BCUT2D eigenvalue weighted by atomic mass is 9.86. The van der Waals surface area contributed by atoms with E-state index in [1.54, 1.807) is 7.11 Å². The van der Waals surface area contributed by atoms with Gasteiger partial charge < -0.3 is 15.2 Å². The summed E-state index contributed by atoms with van der Waals surface area (Å²) in [4.78, 5) is 0. The van der Waals surface area contributed by atoms with Crippen molar-refractivity contribution in [2.45, 2.75) is 64.2 Å². The number of rotatable bonds is 8. The highest BCUT2D eigenvalue weighted by Gasteiger charge is 2.39. The van der Waals surface area contributed by atoms with Gasteiger partial charge in [-0.1, -0.05) is 33.1 Å². The fourth-order valence-corrected chi connectivity index (χ4v) is 2.26.